The highest BCUT2D eigenvalue weighted by molar-refractivity contribution is 5.88. The number of carbonyl (C=O) groups is 1. The van der Waals surface area contributed by atoms with E-state index in [4.69, 9.17) is 9.47 Å². The van der Waals surface area contributed by atoms with Crippen LogP contribution in [0.4, 0.5) is 0 Å². The Kier molecular flexibility index (Phi) is 6.59. The van der Waals surface area contributed by atoms with Crippen LogP contribution in [0.15, 0.2) is 36.4 Å². The first-order chi connectivity index (χ1) is 14.6. The number of hydrogen-bond acceptors (Lipinski definition) is 4. The van der Waals surface area contributed by atoms with Crippen molar-refractivity contribution in [3.05, 3.63) is 42.0 Å². The van der Waals surface area contributed by atoms with E-state index in [1.54, 1.807) is 7.11 Å². The minimum absolute atomic E-state index is 0.0946. The fraction of sp³-hybridized carbons (Fsp3) is 0.560. The van der Waals surface area contributed by atoms with Gasteiger partial charge in [0.2, 0.25) is 5.91 Å². The average molecular weight is 411 g/mol. The number of nitrogens with one attached hydrogen (secondary N) is 1. The van der Waals surface area contributed by atoms with E-state index in [0.29, 0.717) is 0 Å². The van der Waals surface area contributed by atoms with E-state index >= 15 is 0 Å². The zero-order valence-electron chi connectivity index (χ0n) is 18.3. The molecule has 1 amide bonds. The SMILES string of the molecule is COc1ccc2cc(C(C)C(=O)NCC3(N4CCOCC4)CCCCC3)ccc2c1. The van der Waals surface area contributed by atoms with Crippen molar-refractivity contribution < 1.29 is 14.3 Å². The number of ether oxygens (including phenoxy) is 2. The summed E-state index contributed by atoms with van der Waals surface area (Å²) in [6.07, 6.45) is 6.13. The van der Waals surface area contributed by atoms with Gasteiger partial charge in [0.05, 0.1) is 26.2 Å². The Labute approximate surface area is 179 Å². The molecule has 1 N–H and O–H groups in total. The first-order valence-electron chi connectivity index (χ1n) is 11.3. The van der Waals surface area contributed by atoms with Crippen molar-refractivity contribution in [1.82, 2.24) is 10.2 Å². The summed E-state index contributed by atoms with van der Waals surface area (Å²) in [5, 5.41) is 5.57. The van der Waals surface area contributed by atoms with Crippen molar-refractivity contribution in [2.75, 3.05) is 40.0 Å². The third kappa shape index (κ3) is 4.47. The number of amides is 1. The fourth-order valence-corrected chi connectivity index (χ4v) is 5.05. The summed E-state index contributed by atoms with van der Waals surface area (Å²) < 4.78 is 10.9. The second-order valence-electron chi connectivity index (χ2n) is 8.80. The van der Waals surface area contributed by atoms with Gasteiger partial charge < -0.3 is 14.8 Å². The molecule has 1 saturated heterocycles. The van der Waals surface area contributed by atoms with Gasteiger partial charge in [0, 0.05) is 25.2 Å². The molecule has 0 radical (unpaired) electrons. The molecular formula is C25H34N2O3. The van der Waals surface area contributed by atoms with Crippen molar-refractivity contribution in [2.24, 2.45) is 0 Å². The maximum Gasteiger partial charge on any atom is 0.227 e. The molecule has 2 fully saturated rings. The average Bonchev–Trinajstić information content (AvgIpc) is 2.82. The molecule has 1 unspecified atom stereocenters. The third-order valence-corrected chi connectivity index (χ3v) is 7.02. The molecule has 1 aliphatic carbocycles. The van der Waals surface area contributed by atoms with E-state index in [9.17, 15) is 4.79 Å². The number of carbonyl (C=O) groups excluding carboxylic acids is 1. The summed E-state index contributed by atoms with van der Waals surface area (Å²) in [6.45, 7) is 6.28. The Hall–Kier alpha value is -2.11. The van der Waals surface area contributed by atoms with Gasteiger partial charge in [-0.1, -0.05) is 43.5 Å². The normalized spacial score (nSPS) is 20.6. The summed E-state index contributed by atoms with van der Waals surface area (Å²) in [7, 11) is 1.68. The molecular weight excluding hydrogens is 376 g/mol. The van der Waals surface area contributed by atoms with Gasteiger partial charge in [-0.15, -0.1) is 0 Å². The van der Waals surface area contributed by atoms with Crippen molar-refractivity contribution in [3.8, 4) is 5.75 Å². The molecule has 162 valence electrons. The molecule has 5 nitrogen and oxygen atoms in total. The molecule has 0 spiro atoms. The Bertz CT molecular complexity index is 870. The number of methoxy groups -OCH3 is 1. The van der Waals surface area contributed by atoms with Crippen LogP contribution in [0.2, 0.25) is 0 Å². The highest BCUT2D eigenvalue weighted by Crippen LogP contribution is 2.34. The van der Waals surface area contributed by atoms with Crippen LogP contribution >= 0.6 is 0 Å². The summed E-state index contributed by atoms with van der Waals surface area (Å²) >= 11 is 0. The monoisotopic (exact) mass is 410 g/mol. The molecule has 2 aliphatic rings. The van der Waals surface area contributed by atoms with Crippen LogP contribution in [0.1, 0.15) is 50.5 Å². The van der Waals surface area contributed by atoms with Crippen LogP contribution in [-0.4, -0.2) is 56.3 Å². The van der Waals surface area contributed by atoms with Crippen molar-refractivity contribution in [2.45, 2.75) is 50.5 Å². The van der Waals surface area contributed by atoms with E-state index in [0.717, 1.165) is 54.9 Å². The van der Waals surface area contributed by atoms with Gasteiger partial charge in [0.1, 0.15) is 5.75 Å². The maximum absolute atomic E-state index is 13.1. The van der Waals surface area contributed by atoms with Crippen LogP contribution in [0.5, 0.6) is 5.75 Å². The highest BCUT2D eigenvalue weighted by atomic mass is 16.5. The van der Waals surface area contributed by atoms with Gasteiger partial charge >= 0.3 is 0 Å². The Balaban J connectivity index is 1.45. The molecule has 4 rings (SSSR count). The smallest absolute Gasteiger partial charge is 0.227 e. The van der Waals surface area contributed by atoms with E-state index in [2.05, 4.69) is 34.5 Å². The highest BCUT2D eigenvalue weighted by Gasteiger charge is 2.39. The van der Waals surface area contributed by atoms with Gasteiger partial charge in [0.15, 0.2) is 0 Å². The predicted octanol–water partition coefficient (Wildman–Crippen LogP) is 4.10. The second kappa shape index (κ2) is 9.36. The van der Waals surface area contributed by atoms with Gasteiger partial charge in [-0.25, -0.2) is 0 Å². The third-order valence-electron chi connectivity index (χ3n) is 7.02. The van der Waals surface area contributed by atoms with E-state index < -0.39 is 0 Å². The summed E-state index contributed by atoms with van der Waals surface area (Å²) in [5.74, 6) is 0.782. The Morgan fingerprint density at radius 3 is 2.53 bits per heavy atom. The number of rotatable bonds is 6. The van der Waals surface area contributed by atoms with E-state index in [1.165, 1.54) is 32.1 Å². The van der Waals surface area contributed by atoms with Gasteiger partial charge in [-0.3, -0.25) is 9.69 Å². The minimum atomic E-state index is -0.179. The quantitative estimate of drug-likeness (QED) is 0.779. The van der Waals surface area contributed by atoms with Crippen molar-refractivity contribution >= 4 is 16.7 Å². The van der Waals surface area contributed by atoms with Gasteiger partial charge in [0.25, 0.3) is 0 Å². The lowest BCUT2D eigenvalue weighted by Crippen LogP contribution is -2.59. The summed E-state index contributed by atoms with van der Waals surface area (Å²) in [4.78, 5) is 15.6. The van der Waals surface area contributed by atoms with Crippen molar-refractivity contribution in [1.29, 1.82) is 0 Å². The van der Waals surface area contributed by atoms with Crippen LogP contribution in [0.3, 0.4) is 0 Å². The standard InChI is InChI=1S/C25H34N2O3/c1-19(20-6-7-22-17-23(29-2)9-8-21(22)16-20)24(28)26-18-25(10-4-3-5-11-25)27-12-14-30-15-13-27/h6-9,16-17,19H,3-5,10-15,18H2,1-2H3,(H,26,28). The number of hydrogen-bond donors (Lipinski definition) is 1. The summed E-state index contributed by atoms with van der Waals surface area (Å²) in [6, 6.07) is 12.3. The zero-order valence-corrected chi connectivity index (χ0v) is 18.3. The molecule has 30 heavy (non-hydrogen) atoms. The Morgan fingerprint density at radius 1 is 1.10 bits per heavy atom. The lowest BCUT2D eigenvalue weighted by Gasteiger charge is -2.48. The largest absolute Gasteiger partial charge is 0.497 e. The maximum atomic E-state index is 13.1. The fourth-order valence-electron chi connectivity index (χ4n) is 5.05. The van der Waals surface area contributed by atoms with Gasteiger partial charge in [-0.05, 0) is 48.2 Å². The zero-order chi connectivity index (χ0) is 21.0. The molecule has 1 saturated carbocycles. The van der Waals surface area contributed by atoms with Crippen LogP contribution in [-0.2, 0) is 9.53 Å². The molecule has 1 atom stereocenters. The lowest BCUT2D eigenvalue weighted by molar-refractivity contribution is -0.123. The molecule has 2 aromatic carbocycles. The number of nitrogens with zero attached hydrogens (tertiary/aromatic N) is 1. The van der Waals surface area contributed by atoms with E-state index in [-0.39, 0.29) is 17.4 Å². The first kappa shape index (κ1) is 21.1. The minimum Gasteiger partial charge on any atom is -0.497 e. The van der Waals surface area contributed by atoms with Crippen LogP contribution in [0.25, 0.3) is 10.8 Å². The number of benzene rings is 2. The van der Waals surface area contributed by atoms with Crippen LogP contribution < -0.4 is 10.1 Å². The second-order valence-corrected chi connectivity index (χ2v) is 8.80. The number of morpholine rings is 1. The van der Waals surface area contributed by atoms with Crippen molar-refractivity contribution in [3.63, 3.8) is 0 Å². The van der Waals surface area contributed by atoms with E-state index in [1.807, 2.05) is 19.1 Å². The molecule has 2 aromatic rings. The molecule has 1 aliphatic heterocycles. The molecule has 5 heteroatoms. The molecule has 1 heterocycles. The molecule has 0 aromatic heterocycles. The predicted molar refractivity (Wildman–Crippen MR) is 120 cm³/mol. The summed E-state index contributed by atoms with van der Waals surface area (Å²) in [5.41, 5.74) is 1.14. The number of fused-ring (bicyclic) bond motifs is 1. The molecule has 0 bridgehead atoms. The van der Waals surface area contributed by atoms with Crippen LogP contribution in [0, 0.1) is 0 Å². The topological polar surface area (TPSA) is 50.8 Å². The van der Waals surface area contributed by atoms with Gasteiger partial charge in [-0.2, -0.15) is 0 Å². The lowest BCUT2D eigenvalue weighted by atomic mass is 9.79. The first-order valence-corrected chi connectivity index (χ1v) is 11.3. The Morgan fingerprint density at radius 2 is 1.80 bits per heavy atom.